The third-order valence-electron chi connectivity index (χ3n) is 3.29. The molecule has 0 radical (unpaired) electrons. The Hall–Kier alpha value is -2.11. The van der Waals surface area contributed by atoms with Crippen LogP contribution in [-0.4, -0.2) is 37.6 Å². The third-order valence-corrected chi connectivity index (χ3v) is 3.54. The zero-order chi connectivity index (χ0) is 17.4. The number of rotatable bonds is 8. The largest absolute Gasteiger partial charge is 0.492 e. The Morgan fingerprint density at radius 1 is 1.17 bits per heavy atom. The van der Waals surface area contributed by atoms with Gasteiger partial charge in [-0.2, -0.15) is 0 Å². The van der Waals surface area contributed by atoms with E-state index in [0.29, 0.717) is 30.5 Å². The molecule has 0 spiro atoms. The van der Waals surface area contributed by atoms with Crippen LogP contribution in [0.4, 0.5) is 4.39 Å². The summed E-state index contributed by atoms with van der Waals surface area (Å²) in [7, 11) is 1.84. The quantitative estimate of drug-likeness (QED) is 0.744. The molecule has 0 bridgehead atoms. The Labute approximate surface area is 146 Å². The summed E-state index contributed by atoms with van der Waals surface area (Å²) in [4.78, 5) is 13.7. The number of nitrogens with one attached hydrogen (secondary N) is 1. The topological polar surface area (TPSA) is 41.6 Å². The van der Waals surface area contributed by atoms with Gasteiger partial charge in [0.05, 0.1) is 13.1 Å². The Balaban J connectivity index is 1.63. The molecule has 0 saturated heterocycles. The lowest BCUT2D eigenvalue weighted by Crippen LogP contribution is -2.36. The fourth-order valence-corrected chi connectivity index (χ4v) is 2.27. The molecule has 0 heterocycles. The number of carbonyl (C=O) groups is 1. The van der Waals surface area contributed by atoms with Crippen molar-refractivity contribution < 1.29 is 13.9 Å². The van der Waals surface area contributed by atoms with Crippen LogP contribution in [0.5, 0.6) is 5.75 Å². The smallest absolute Gasteiger partial charge is 0.234 e. The van der Waals surface area contributed by atoms with Crippen molar-refractivity contribution in [2.24, 2.45) is 0 Å². The summed E-state index contributed by atoms with van der Waals surface area (Å²) in [6.45, 7) is 1.65. The molecule has 2 aromatic carbocycles. The van der Waals surface area contributed by atoms with Crippen LogP contribution < -0.4 is 10.1 Å². The maximum absolute atomic E-state index is 12.9. The minimum Gasteiger partial charge on any atom is -0.492 e. The highest BCUT2D eigenvalue weighted by molar-refractivity contribution is 6.30. The van der Waals surface area contributed by atoms with Crippen molar-refractivity contribution in [3.05, 3.63) is 64.9 Å². The lowest BCUT2D eigenvalue weighted by atomic mass is 10.2. The Kier molecular flexibility index (Phi) is 7.03. The van der Waals surface area contributed by atoms with Crippen LogP contribution in [-0.2, 0) is 11.3 Å². The maximum Gasteiger partial charge on any atom is 0.234 e. The second-order valence-corrected chi connectivity index (χ2v) is 5.89. The lowest BCUT2D eigenvalue weighted by molar-refractivity contribution is -0.122. The zero-order valence-corrected chi connectivity index (χ0v) is 14.2. The lowest BCUT2D eigenvalue weighted by Gasteiger charge is -2.16. The van der Waals surface area contributed by atoms with Crippen molar-refractivity contribution in [2.75, 3.05) is 26.7 Å². The third kappa shape index (κ3) is 6.56. The van der Waals surface area contributed by atoms with E-state index in [9.17, 15) is 9.18 Å². The second kappa shape index (κ2) is 9.25. The Morgan fingerprint density at radius 3 is 2.50 bits per heavy atom. The van der Waals surface area contributed by atoms with Crippen molar-refractivity contribution in [3.63, 3.8) is 0 Å². The van der Waals surface area contributed by atoms with Crippen LogP contribution in [0, 0.1) is 5.82 Å². The predicted molar refractivity (Wildman–Crippen MR) is 92.7 cm³/mol. The van der Waals surface area contributed by atoms with E-state index in [1.807, 2.05) is 11.9 Å². The van der Waals surface area contributed by atoms with Gasteiger partial charge in [-0.3, -0.25) is 9.69 Å². The second-order valence-electron chi connectivity index (χ2n) is 5.45. The molecule has 0 aliphatic carbocycles. The highest BCUT2D eigenvalue weighted by atomic mass is 35.5. The van der Waals surface area contributed by atoms with Crippen LogP contribution in [0.2, 0.25) is 5.02 Å². The standard InChI is InChI=1S/C18H20ClFN2O2/c1-22(12-14-2-6-16(20)7-3-14)13-18(23)21-10-11-24-17-8-4-15(19)5-9-17/h2-9H,10-13H2,1H3,(H,21,23). The Bertz CT molecular complexity index is 647. The van der Waals surface area contributed by atoms with Gasteiger partial charge in [-0.15, -0.1) is 0 Å². The minimum atomic E-state index is -0.264. The number of hydrogen-bond acceptors (Lipinski definition) is 3. The van der Waals surface area contributed by atoms with Crippen molar-refractivity contribution in [1.29, 1.82) is 0 Å². The number of nitrogens with zero attached hydrogens (tertiary/aromatic N) is 1. The predicted octanol–water partition coefficient (Wildman–Crippen LogP) is 3.11. The van der Waals surface area contributed by atoms with Gasteiger partial charge in [0.2, 0.25) is 5.91 Å². The summed E-state index contributed by atoms with van der Waals surface area (Å²) in [5.41, 5.74) is 0.956. The van der Waals surface area contributed by atoms with Crippen molar-refractivity contribution in [2.45, 2.75) is 6.54 Å². The fraction of sp³-hybridized carbons (Fsp3) is 0.278. The van der Waals surface area contributed by atoms with Crippen LogP contribution in [0.25, 0.3) is 0 Å². The average molecular weight is 351 g/mol. The van der Waals surface area contributed by atoms with E-state index >= 15 is 0 Å². The summed E-state index contributed by atoms with van der Waals surface area (Å²) in [5, 5.41) is 3.45. The van der Waals surface area contributed by atoms with Gasteiger partial charge >= 0.3 is 0 Å². The van der Waals surface area contributed by atoms with Crippen LogP contribution >= 0.6 is 11.6 Å². The highest BCUT2D eigenvalue weighted by Crippen LogP contribution is 2.15. The summed E-state index contributed by atoms with van der Waals surface area (Å²) in [6.07, 6.45) is 0. The average Bonchev–Trinajstić information content (AvgIpc) is 2.55. The number of ether oxygens (including phenoxy) is 1. The van der Waals surface area contributed by atoms with Crippen molar-refractivity contribution in [1.82, 2.24) is 10.2 Å². The maximum atomic E-state index is 12.9. The van der Waals surface area contributed by atoms with Gasteiger partial charge in [0.1, 0.15) is 18.2 Å². The molecule has 0 aliphatic heterocycles. The molecule has 1 amide bonds. The molecule has 1 N–H and O–H groups in total. The molecular formula is C18H20ClFN2O2. The van der Waals surface area contributed by atoms with Crippen LogP contribution in [0.3, 0.4) is 0 Å². The van der Waals surface area contributed by atoms with E-state index in [4.69, 9.17) is 16.3 Å². The van der Waals surface area contributed by atoms with E-state index in [1.54, 1.807) is 36.4 Å². The van der Waals surface area contributed by atoms with Crippen LogP contribution in [0.15, 0.2) is 48.5 Å². The normalized spacial score (nSPS) is 10.7. The zero-order valence-electron chi connectivity index (χ0n) is 13.5. The summed E-state index contributed by atoms with van der Waals surface area (Å²) >= 11 is 5.79. The van der Waals surface area contributed by atoms with E-state index in [0.717, 1.165) is 5.56 Å². The van der Waals surface area contributed by atoms with E-state index in [2.05, 4.69) is 5.32 Å². The number of benzene rings is 2. The molecule has 0 saturated carbocycles. The molecule has 2 aromatic rings. The van der Waals surface area contributed by atoms with E-state index < -0.39 is 0 Å². The van der Waals surface area contributed by atoms with Gasteiger partial charge in [0.25, 0.3) is 0 Å². The monoisotopic (exact) mass is 350 g/mol. The van der Waals surface area contributed by atoms with Gasteiger partial charge in [0, 0.05) is 11.6 Å². The molecule has 0 atom stereocenters. The molecule has 0 aliphatic rings. The number of hydrogen-bond donors (Lipinski definition) is 1. The van der Waals surface area contributed by atoms with Crippen molar-refractivity contribution in [3.8, 4) is 5.75 Å². The molecule has 128 valence electrons. The highest BCUT2D eigenvalue weighted by Gasteiger charge is 2.07. The molecule has 0 fully saturated rings. The minimum absolute atomic E-state index is 0.0840. The number of amides is 1. The first-order valence-corrected chi connectivity index (χ1v) is 7.99. The molecule has 2 rings (SSSR count). The summed E-state index contributed by atoms with van der Waals surface area (Å²) in [6, 6.07) is 13.3. The van der Waals surface area contributed by atoms with Gasteiger partial charge in [-0.25, -0.2) is 4.39 Å². The summed E-state index contributed by atoms with van der Waals surface area (Å²) in [5.74, 6) is 0.362. The molecule has 0 unspecified atom stereocenters. The van der Waals surface area contributed by atoms with E-state index in [1.165, 1.54) is 12.1 Å². The van der Waals surface area contributed by atoms with Crippen molar-refractivity contribution >= 4 is 17.5 Å². The molecule has 6 heteroatoms. The van der Waals surface area contributed by atoms with Gasteiger partial charge in [0.15, 0.2) is 0 Å². The van der Waals surface area contributed by atoms with Gasteiger partial charge < -0.3 is 10.1 Å². The Morgan fingerprint density at radius 2 is 1.83 bits per heavy atom. The van der Waals surface area contributed by atoms with E-state index in [-0.39, 0.29) is 18.3 Å². The van der Waals surface area contributed by atoms with Gasteiger partial charge in [-0.1, -0.05) is 23.7 Å². The fourth-order valence-electron chi connectivity index (χ4n) is 2.15. The molecule has 4 nitrogen and oxygen atoms in total. The number of halogens is 2. The summed E-state index contributed by atoms with van der Waals surface area (Å²) < 4.78 is 18.4. The van der Waals surface area contributed by atoms with Gasteiger partial charge in [-0.05, 0) is 49.0 Å². The first-order chi connectivity index (χ1) is 11.5. The molecule has 24 heavy (non-hydrogen) atoms. The molecular weight excluding hydrogens is 331 g/mol. The SMILES string of the molecule is CN(CC(=O)NCCOc1ccc(Cl)cc1)Cc1ccc(F)cc1. The number of carbonyl (C=O) groups excluding carboxylic acids is 1. The number of likely N-dealkylation sites (N-methyl/N-ethyl adjacent to an activating group) is 1. The first kappa shape index (κ1) is 18.2. The first-order valence-electron chi connectivity index (χ1n) is 7.61. The molecule has 0 aromatic heterocycles. The van der Waals surface area contributed by atoms with Crippen LogP contribution in [0.1, 0.15) is 5.56 Å².